The molecule has 0 aliphatic rings. The summed E-state index contributed by atoms with van der Waals surface area (Å²) in [6.07, 6.45) is 36.2. The van der Waals surface area contributed by atoms with Gasteiger partial charge in [0.1, 0.15) is 19.3 Å². The molecule has 0 amide bonds. The Morgan fingerprint density at radius 1 is 0.349 bits per heavy atom. The van der Waals surface area contributed by atoms with Gasteiger partial charge >= 0.3 is 39.5 Å². The van der Waals surface area contributed by atoms with Crippen molar-refractivity contribution in [3.63, 3.8) is 0 Å². The fourth-order valence-electron chi connectivity index (χ4n) is 9.45. The Balaban J connectivity index is 5.25. The zero-order valence-corrected chi connectivity index (χ0v) is 55.4. The minimum Gasteiger partial charge on any atom is -0.462 e. The number of hydrogen-bond acceptors (Lipinski definition) is 15. The van der Waals surface area contributed by atoms with Crippen LogP contribution in [0.25, 0.3) is 0 Å². The predicted molar refractivity (Wildman–Crippen MR) is 331 cm³/mol. The van der Waals surface area contributed by atoms with Gasteiger partial charge in [0.25, 0.3) is 0 Å². The van der Waals surface area contributed by atoms with E-state index in [0.29, 0.717) is 25.7 Å². The van der Waals surface area contributed by atoms with Crippen molar-refractivity contribution in [1.82, 2.24) is 0 Å². The number of carbonyl (C=O) groups is 4. The molecule has 83 heavy (non-hydrogen) atoms. The van der Waals surface area contributed by atoms with Gasteiger partial charge in [-0.1, -0.05) is 260 Å². The van der Waals surface area contributed by atoms with Crippen LogP contribution in [-0.2, 0) is 65.4 Å². The molecule has 6 atom stereocenters. The fourth-order valence-corrected chi connectivity index (χ4v) is 11.0. The number of phosphoric acid groups is 2. The number of phosphoric ester groups is 2. The highest BCUT2D eigenvalue weighted by Gasteiger charge is 2.30. The Morgan fingerprint density at radius 3 is 0.916 bits per heavy atom. The van der Waals surface area contributed by atoms with Crippen LogP contribution in [0.2, 0.25) is 0 Å². The summed E-state index contributed by atoms with van der Waals surface area (Å²) in [5, 5.41) is 10.5. The van der Waals surface area contributed by atoms with Crippen LogP contribution < -0.4 is 0 Å². The minimum atomic E-state index is -4.95. The van der Waals surface area contributed by atoms with Gasteiger partial charge in [0, 0.05) is 25.7 Å². The molecule has 3 N–H and O–H groups in total. The summed E-state index contributed by atoms with van der Waals surface area (Å²) in [7, 11) is -9.89. The lowest BCUT2D eigenvalue weighted by atomic mass is 10.00. The van der Waals surface area contributed by atoms with Gasteiger partial charge < -0.3 is 33.8 Å². The van der Waals surface area contributed by atoms with E-state index in [4.69, 9.17) is 37.0 Å². The van der Waals surface area contributed by atoms with Gasteiger partial charge in [-0.25, -0.2) is 9.13 Å². The second kappa shape index (κ2) is 55.4. The van der Waals surface area contributed by atoms with E-state index in [0.717, 1.165) is 108 Å². The number of aliphatic hydroxyl groups excluding tert-OH is 1. The highest BCUT2D eigenvalue weighted by atomic mass is 31.2. The lowest BCUT2D eigenvalue weighted by Crippen LogP contribution is -2.30. The molecule has 0 heterocycles. The molecule has 3 unspecified atom stereocenters. The second-order valence-electron chi connectivity index (χ2n) is 24.3. The average molecular weight is 1230 g/mol. The molecule has 0 saturated heterocycles. The van der Waals surface area contributed by atoms with Crippen molar-refractivity contribution in [2.45, 2.75) is 330 Å². The van der Waals surface area contributed by atoms with E-state index < -0.39 is 97.5 Å². The monoisotopic (exact) mass is 1230 g/mol. The largest absolute Gasteiger partial charge is 0.472 e. The van der Waals surface area contributed by atoms with Gasteiger partial charge in [-0.2, -0.15) is 0 Å². The Labute approximate surface area is 505 Å². The molecule has 0 rings (SSSR count). The first kappa shape index (κ1) is 81.1. The van der Waals surface area contributed by atoms with Gasteiger partial charge in [-0.05, 0) is 43.4 Å². The molecule has 0 aromatic carbocycles. The van der Waals surface area contributed by atoms with Crippen LogP contribution in [0.3, 0.4) is 0 Å². The Morgan fingerprint density at radius 2 is 0.614 bits per heavy atom. The first-order valence-electron chi connectivity index (χ1n) is 33.4. The average Bonchev–Trinajstić information content (AvgIpc) is 3.45. The van der Waals surface area contributed by atoms with Crippen LogP contribution in [0.15, 0.2) is 0 Å². The summed E-state index contributed by atoms with van der Waals surface area (Å²) in [6.45, 7) is 11.7. The number of aliphatic hydroxyl groups is 1. The molecule has 17 nitrogen and oxygen atoms in total. The van der Waals surface area contributed by atoms with Crippen molar-refractivity contribution in [2.75, 3.05) is 39.6 Å². The predicted octanol–water partition coefficient (Wildman–Crippen LogP) is 17.5. The summed E-state index contributed by atoms with van der Waals surface area (Å²) in [4.78, 5) is 72.2. The van der Waals surface area contributed by atoms with Crippen molar-refractivity contribution in [3.05, 3.63) is 0 Å². The SMILES string of the molecule is CCCCCCCCCCCC(=O)OC[C@H](COP(=O)(O)OC[C@H](O)COP(=O)(O)OC[C@@H](COC(=O)CCCCCCCCCCC(C)C)OC(=O)CCCCCCCCCCCCC(C)C)OC(=O)CCCCCCCCC(C)CC. The standard InChI is InChI=1S/C64H124O17P2/c1-8-10-11-12-13-16-23-31-38-45-61(66)74-52-60(81-64(69)48-41-34-27-26-30-37-44-57(7)9-2)54-79-83(72,73)77-50-58(65)49-76-82(70,71)78-53-59(51-75-62(67)46-39-32-24-20-19-22-29-36-43-56(5)6)80-63(68)47-40-33-25-18-15-14-17-21-28-35-42-55(3)4/h55-60,65H,8-54H2,1-7H3,(H,70,71)(H,72,73)/t57?,58-,59-,60-/m1/s1. The molecule has 0 spiro atoms. The molecular weight excluding hydrogens is 1100 g/mol. The van der Waals surface area contributed by atoms with Gasteiger partial charge in [0.05, 0.1) is 26.4 Å². The molecular formula is C64H124O17P2. The number of carbonyl (C=O) groups excluding carboxylic acids is 4. The summed E-state index contributed by atoms with van der Waals surface area (Å²) in [5.74, 6) is 0.0594. The van der Waals surface area contributed by atoms with E-state index in [9.17, 15) is 43.2 Å². The van der Waals surface area contributed by atoms with Crippen LogP contribution >= 0.6 is 15.6 Å². The number of esters is 4. The Bertz CT molecular complexity index is 1650. The minimum absolute atomic E-state index is 0.102. The van der Waals surface area contributed by atoms with Crippen molar-refractivity contribution >= 4 is 39.5 Å². The van der Waals surface area contributed by atoms with Crippen LogP contribution in [-0.4, -0.2) is 96.7 Å². The lowest BCUT2D eigenvalue weighted by Gasteiger charge is -2.21. The first-order valence-corrected chi connectivity index (χ1v) is 36.4. The molecule has 0 aliphatic heterocycles. The fraction of sp³-hybridized carbons (Fsp3) is 0.938. The topological polar surface area (TPSA) is 237 Å². The highest BCUT2D eigenvalue weighted by Crippen LogP contribution is 2.45. The molecule has 492 valence electrons. The first-order chi connectivity index (χ1) is 39.8. The highest BCUT2D eigenvalue weighted by molar-refractivity contribution is 7.47. The van der Waals surface area contributed by atoms with Gasteiger partial charge in [0.15, 0.2) is 12.2 Å². The molecule has 0 radical (unpaired) electrons. The lowest BCUT2D eigenvalue weighted by molar-refractivity contribution is -0.161. The van der Waals surface area contributed by atoms with Crippen molar-refractivity contribution in [3.8, 4) is 0 Å². The molecule has 0 aromatic heterocycles. The maximum absolute atomic E-state index is 13.0. The summed E-state index contributed by atoms with van der Waals surface area (Å²) >= 11 is 0. The van der Waals surface area contributed by atoms with Gasteiger partial charge in [-0.15, -0.1) is 0 Å². The third-order valence-electron chi connectivity index (χ3n) is 15.0. The van der Waals surface area contributed by atoms with Crippen molar-refractivity contribution in [2.24, 2.45) is 17.8 Å². The van der Waals surface area contributed by atoms with Crippen LogP contribution in [0.5, 0.6) is 0 Å². The maximum atomic E-state index is 13.0. The van der Waals surface area contributed by atoms with E-state index in [1.807, 2.05) is 0 Å². The quantitative estimate of drug-likeness (QED) is 0.0222. The summed E-state index contributed by atoms with van der Waals surface area (Å²) in [5.41, 5.74) is 0. The maximum Gasteiger partial charge on any atom is 0.472 e. The van der Waals surface area contributed by atoms with E-state index in [-0.39, 0.29) is 25.7 Å². The van der Waals surface area contributed by atoms with E-state index in [1.165, 1.54) is 122 Å². The molecule has 0 fully saturated rings. The summed E-state index contributed by atoms with van der Waals surface area (Å²) < 4.78 is 68.0. The second-order valence-corrected chi connectivity index (χ2v) is 27.3. The zero-order chi connectivity index (χ0) is 61.7. The number of unbranched alkanes of at least 4 members (excludes halogenated alkanes) is 29. The number of hydrogen-bond donors (Lipinski definition) is 3. The van der Waals surface area contributed by atoms with Crippen LogP contribution in [0.1, 0.15) is 312 Å². The van der Waals surface area contributed by atoms with E-state index in [1.54, 1.807) is 0 Å². The number of rotatable bonds is 62. The summed E-state index contributed by atoms with van der Waals surface area (Å²) in [6, 6.07) is 0. The van der Waals surface area contributed by atoms with Crippen LogP contribution in [0.4, 0.5) is 0 Å². The van der Waals surface area contributed by atoms with Gasteiger partial charge in [-0.3, -0.25) is 37.3 Å². The molecule has 0 bridgehead atoms. The zero-order valence-electron chi connectivity index (χ0n) is 53.6. The Kier molecular flexibility index (Phi) is 54.1. The third-order valence-corrected chi connectivity index (χ3v) is 16.9. The Hall–Kier alpha value is -1.94. The van der Waals surface area contributed by atoms with E-state index >= 15 is 0 Å². The van der Waals surface area contributed by atoms with Crippen molar-refractivity contribution < 1.29 is 80.2 Å². The molecule has 0 aromatic rings. The normalized spacial score (nSPS) is 14.7. The van der Waals surface area contributed by atoms with Gasteiger partial charge in [0.2, 0.25) is 0 Å². The molecule has 0 saturated carbocycles. The van der Waals surface area contributed by atoms with Crippen molar-refractivity contribution in [1.29, 1.82) is 0 Å². The molecule has 19 heteroatoms. The van der Waals surface area contributed by atoms with Crippen LogP contribution in [0, 0.1) is 17.8 Å². The third kappa shape index (κ3) is 57.6. The number of ether oxygens (including phenoxy) is 4. The molecule has 0 aliphatic carbocycles. The van der Waals surface area contributed by atoms with E-state index in [2.05, 4.69) is 48.5 Å². The smallest absolute Gasteiger partial charge is 0.462 e.